The number of amides is 1. The van der Waals surface area contributed by atoms with Crippen LogP contribution in [0.4, 0.5) is 0 Å². The van der Waals surface area contributed by atoms with Crippen molar-refractivity contribution in [1.29, 1.82) is 0 Å². The molecular weight excluding hydrogens is 360 g/mol. The van der Waals surface area contributed by atoms with Crippen LogP contribution in [-0.2, 0) is 6.54 Å². The summed E-state index contributed by atoms with van der Waals surface area (Å²) in [4.78, 5) is 24.8. The molecule has 0 saturated heterocycles. The third-order valence-electron chi connectivity index (χ3n) is 5.74. The zero-order chi connectivity index (χ0) is 20.0. The van der Waals surface area contributed by atoms with E-state index in [9.17, 15) is 4.79 Å². The largest absolute Gasteiger partial charge is 0.348 e. The maximum absolute atomic E-state index is 13.6. The molecule has 5 nitrogen and oxygen atoms in total. The van der Waals surface area contributed by atoms with Gasteiger partial charge in [0.25, 0.3) is 5.91 Å². The Kier molecular flexibility index (Phi) is 4.16. The highest BCUT2D eigenvalue weighted by atomic mass is 16.2. The highest BCUT2D eigenvalue weighted by molar-refractivity contribution is 5.97. The van der Waals surface area contributed by atoms with E-state index in [0.717, 1.165) is 40.2 Å². The standard InChI is InChI=1S/C24H22N4O/c1-16-17(2)26-21-15-19(10-11-20(21)25-16)24(29)28-14-13-27-12-6-9-22(27)23(28)18-7-4-3-5-8-18/h3-12,15,23H,13-14H2,1-2H3. The van der Waals surface area contributed by atoms with E-state index in [1.807, 2.05) is 55.1 Å². The summed E-state index contributed by atoms with van der Waals surface area (Å²) in [5, 5.41) is 0. The van der Waals surface area contributed by atoms with Crippen LogP contribution >= 0.6 is 0 Å². The van der Waals surface area contributed by atoms with E-state index in [-0.39, 0.29) is 11.9 Å². The van der Waals surface area contributed by atoms with Crippen LogP contribution in [0.25, 0.3) is 11.0 Å². The first-order chi connectivity index (χ1) is 14.1. The minimum Gasteiger partial charge on any atom is -0.348 e. The number of benzene rings is 2. The predicted octanol–water partition coefficient (Wildman–Crippen LogP) is 4.29. The second-order valence-electron chi connectivity index (χ2n) is 7.54. The highest BCUT2D eigenvalue weighted by Gasteiger charge is 2.32. The van der Waals surface area contributed by atoms with Gasteiger partial charge in [0.2, 0.25) is 0 Å². The topological polar surface area (TPSA) is 51.0 Å². The number of aromatic nitrogens is 3. The molecule has 1 atom stereocenters. The molecule has 144 valence electrons. The number of fused-ring (bicyclic) bond motifs is 2. The van der Waals surface area contributed by atoms with E-state index in [4.69, 9.17) is 0 Å². The average Bonchev–Trinajstić information content (AvgIpc) is 3.22. The molecule has 0 radical (unpaired) electrons. The Morgan fingerprint density at radius 3 is 2.45 bits per heavy atom. The van der Waals surface area contributed by atoms with Crippen molar-refractivity contribution in [3.8, 4) is 0 Å². The zero-order valence-corrected chi connectivity index (χ0v) is 16.5. The van der Waals surface area contributed by atoms with E-state index in [2.05, 4.69) is 45.0 Å². The normalized spacial score (nSPS) is 16.1. The molecule has 0 spiro atoms. The Morgan fingerprint density at radius 2 is 1.66 bits per heavy atom. The molecule has 0 aliphatic carbocycles. The SMILES string of the molecule is Cc1nc2ccc(C(=O)N3CCn4cccc4C3c3ccccc3)cc2nc1C. The average molecular weight is 382 g/mol. The molecule has 2 aromatic carbocycles. The third-order valence-corrected chi connectivity index (χ3v) is 5.74. The van der Waals surface area contributed by atoms with Gasteiger partial charge in [0.1, 0.15) is 0 Å². The van der Waals surface area contributed by atoms with Crippen LogP contribution in [0.1, 0.15) is 39.0 Å². The van der Waals surface area contributed by atoms with Crippen molar-refractivity contribution in [3.05, 3.63) is 95.1 Å². The summed E-state index contributed by atoms with van der Waals surface area (Å²) in [6, 6.07) is 19.9. The number of hydrogen-bond acceptors (Lipinski definition) is 3. The quantitative estimate of drug-likeness (QED) is 0.520. The summed E-state index contributed by atoms with van der Waals surface area (Å²) in [5.41, 5.74) is 6.29. The molecule has 0 N–H and O–H groups in total. The number of nitrogens with zero attached hydrogens (tertiary/aromatic N) is 4. The van der Waals surface area contributed by atoms with Crippen LogP contribution in [0.2, 0.25) is 0 Å². The lowest BCUT2D eigenvalue weighted by atomic mass is 9.99. The van der Waals surface area contributed by atoms with E-state index < -0.39 is 0 Å². The zero-order valence-electron chi connectivity index (χ0n) is 16.5. The Morgan fingerprint density at radius 1 is 0.897 bits per heavy atom. The Bertz CT molecular complexity index is 1210. The van der Waals surface area contributed by atoms with Crippen molar-refractivity contribution in [3.63, 3.8) is 0 Å². The van der Waals surface area contributed by atoms with Crippen LogP contribution in [0.3, 0.4) is 0 Å². The van der Waals surface area contributed by atoms with E-state index in [1.165, 1.54) is 0 Å². The van der Waals surface area contributed by atoms with Gasteiger partial charge in [0.05, 0.1) is 28.5 Å². The summed E-state index contributed by atoms with van der Waals surface area (Å²) >= 11 is 0. The molecule has 0 fully saturated rings. The number of aryl methyl sites for hydroxylation is 2. The maximum Gasteiger partial charge on any atom is 0.254 e. The van der Waals surface area contributed by atoms with Crippen LogP contribution in [0.15, 0.2) is 66.9 Å². The number of carbonyl (C=O) groups excluding carboxylic acids is 1. The fourth-order valence-electron chi connectivity index (χ4n) is 4.12. The Balaban J connectivity index is 1.58. The number of carbonyl (C=O) groups is 1. The fourth-order valence-corrected chi connectivity index (χ4v) is 4.12. The Labute approximate surface area is 169 Å². The summed E-state index contributed by atoms with van der Waals surface area (Å²) < 4.78 is 2.24. The lowest BCUT2D eigenvalue weighted by Gasteiger charge is -2.37. The molecule has 5 rings (SSSR count). The van der Waals surface area contributed by atoms with Crippen LogP contribution in [-0.4, -0.2) is 31.9 Å². The van der Waals surface area contributed by atoms with Crippen LogP contribution in [0.5, 0.6) is 0 Å². The van der Waals surface area contributed by atoms with E-state index >= 15 is 0 Å². The minimum atomic E-state index is -0.103. The van der Waals surface area contributed by atoms with Gasteiger partial charge >= 0.3 is 0 Å². The van der Waals surface area contributed by atoms with Crippen molar-refractivity contribution >= 4 is 16.9 Å². The molecule has 1 aliphatic rings. The van der Waals surface area contributed by atoms with Gasteiger partial charge in [0, 0.05) is 30.5 Å². The molecule has 0 bridgehead atoms. The van der Waals surface area contributed by atoms with Crippen molar-refractivity contribution in [2.75, 3.05) is 6.54 Å². The van der Waals surface area contributed by atoms with Gasteiger partial charge in [-0.05, 0) is 49.7 Å². The van der Waals surface area contributed by atoms with E-state index in [0.29, 0.717) is 12.1 Å². The van der Waals surface area contributed by atoms with Gasteiger partial charge in [-0.1, -0.05) is 30.3 Å². The van der Waals surface area contributed by atoms with Gasteiger partial charge in [0.15, 0.2) is 0 Å². The predicted molar refractivity (Wildman–Crippen MR) is 113 cm³/mol. The fraction of sp³-hybridized carbons (Fsp3) is 0.208. The van der Waals surface area contributed by atoms with Crippen molar-refractivity contribution in [2.24, 2.45) is 0 Å². The lowest BCUT2D eigenvalue weighted by Crippen LogP contribution is -2.42. The summed E-state index contributed by atoms with van der Waals surface area (Å²) in [6.45, 7) is 5.36. The van der Waals surface area contributed by atoms with Crippen LogP contribution < -0.4 is 0 Å². The summed E-state index contributed by atoms with van der Waals surface area (Å²) in [5.74, 6) is 0.0215. The minimum absolute atomic E-state index is 0.0215. The van der Waals surface area contributed by atoms with Crippen molar-refractivity contribution in [1.82, 2.24) is 19.4 Å². The monoisotopic (exact) mass is 382 g/mol. The third kappa shape index (κ3) is 2.99. The first kappa shape index (κ1) is 17.6. The first-order valence-electron chi connectivity index (χ1n) is 9.88. The number of hydrogen-bond donors (Lipinski definition) is 0. The van der Waals surface area contributed by atoms with Crippen molar-refractivity contribution < 1.29 is 4.79 Å². The molecule has 0 saturated carbocycles. The van der Waals surface area contributed by atoms with Gasteiger partial charge in [-0.2, -0.15) is 0 Å². The molecule has 1 unspecified atom stereocenters. The second kappa shape index (κ2) is 6.85. The molecule has 4 aromatic rings. The first-order valence-corrected chi connectivity index (χ1v) is 9.88. The Hall–Kier alpha value is -3.47. The van der Waals surface area contributed by atoms with Gasteiger partial charge < -0.3 is 9.47 Å². The lowest BCUT2D eigenvalue weighted by molar-refractivity contribution is 0.0664. The van der Waals surface area contributed by atoms with Gasteiger partial charge in [-0.15, -0.1) is 0 Å². The molecule has 2 aromatic heterocycles. The second-order valence-corrected chi connectivity index (χ2v) is 7.54. The maximum atomic E-state index is 13.6. The summed E-state index contributed by atoms with van der Waals surface area (Å²) in [7, 11) is 0. The van der Waals surface area contributed by atoms with Gasteiger partial charge in [-0.3, -0.25) is 4.79 Å². The van der Waals surface area contributed by atoms with Gasteiger partial charge in [-0.25, -0.2) is 9.97 Å². The smallest absolute Gasteiger partial charge is 0.254 e. The highest BCUT2D eigenvalue weighted by Crippen LogP contribution is 2.33. The molecule has 3 heterocycles. The summed E-state index contributed by atoms with van der Waals surface area (Å²) in [6.07, 6.45) is 2.09. The molecule has 1 aliphatic heterocycles. The van der Waals surface area contributed by atoms with Crippen LogP contribution in [0, 0.1) is 13.8 Å². The van der Waals surface area contributed by atoms with E-state index in [1.54, 1.807) is 0 Å². The molecule has 1 amide bonds. The molecule has 29 heavy (non-hydrogen) atoms. The molecule has 5 heteroatoms. The molecular formula is C24H22N4O. The van der Waals surface area contributed by atoms with Crippen molar-refractivity contribution in [2.45, 2.75) is 26.4 Å². The number of rotatable bonds is 2.